The van der Waals surface area contributed by atoms with Crippen molar-refractivity contribution in [2.45, 2.75) is 271 Å². The molecule has 0 aromatic rings. The van der Waals surface area contributed by atoms with Gasteiger partial charge < -0.3 is 14.2 Å². The van der Waals surface area contributed by atoms with Crippen LogP contribution in [0.2, 0.25) is 0 Å². The molecule has 1 atom stereocenters. The highest BCUT2D eigenvalue weighted by Crippen LogP contribution is 2.14. The largest absolute Gasteiger partial charge is 0.462 e. The highest BCUT2D eigenvalue weighted by molar-refractivity contribution is 5.71. The Morgan fingerprint density at radius 1 is 0.288 bits per heavy atom. The Bertz CT molecular complexity index is 1540. The molecule has 0 N–H and O–H groups in total. The molecule has 73 heavy (non-hydrogen) atoms. The number of ether oxygens (including phenoxy) is 3. The predicted molar refractivity (Wildman–Crippen MR) is 316 cm³/mol. The number of hydrogen-bond acceptors (Lipinski definition) is 6. The monoisotopic (exact) mass is 1010 g/mol. The summed E-state index contributed by atoms with van der Waals surface area (Å²) in [6, 6.07) is 0. The van der Waals surface area contributed by atoms with E-state index in [2.05, 4.69) is 142 Å². The predicted octanol–water partition coefficient (Wildman–Crippen LogP) is 20.4. The first kappa shape index (κ1) is 68.8. The number of allylic oxidation sites excluding steroid dienone is 20. The molecular weight excluding hydrogens is 901 g/mol. The van der Waals surface area contributed by atoms with E-state index < -0.39 is 6.10 Å². The standard InChI is InChI=1S/C67H110O6/c1-4-7-10-13-16-19-22-25-28-30-32-33-35-36-39-42-45-48-51-54-57-60-66(69)72-63-64(62-71-65(68)59-56-53-50-47-44-41-38-27-24-21-18-15-12-9-6-3)73-67(70)61-58-55-52-49-46-43-40-37-34-31-29-26-23-20-17-14-11-8-5-2/h7,10,16-21,25-29,32-34,36-39,64H,4-6,8-9,11-15,22-24,30-31,35,40-63H2,1-3H3/b10-7-,19-16-,20-17-,21-18-,28-25-,29-26-,33-32-,37-34-,38-27-,39-36-. The summed E-state index contributed by atoms with van der Waals surface area (Å²) < 4.78 is 16.9. The molecule has 0 radical (unpaired) electrons. The minimum Gasteiger partial charge on any atom is -0.462 e. The summed E-state index contributed by atoms with van der Waals surface area (Å²) in [7, 11) is 0. The third-order valence-electron chi connectivity index (χ3n) is 12.4. The summed E-state index contributed by atoms with van der Waals surface area (Å²) >= 11 is 0. The second-order valence-corrected chi connectivity index (χ2v) is 19.5. The van der Waals surface area contributed by atoms with Crippen LogP contribution in [0.3, 0.4) is 0 Å². The molecule has 0 aliphatic carbocycles. The van der Waals surface area contributed by atoms with Gasteiger partial charge in [-0.2, -0.15) is 0 Å². The third-order valence-corrected chi connectivity index (χ3v) is 12.4. The lowest BCUT2D eigenvalue weighted by molar-refractivity contribution is -0.167. The van der Waals surface area contributed by atoms with E-state index in [0.717, 1.165) is 161 Å². The van der Waals surface area contributed by atoms with Gasteiger partial charge in [-0.25, -0.2) is 0 Å². The van der Waals surface area contributed by atoms with Gasteiger partial charge in [0.05, 0.1) is 0 Å². The number of hydrogen-bond donors (Lipinski definition) is 0. The molecule has 0 bridgehead atoms. The molecule has 6 heteroatoms. The van der Waals surface area contributed by atoms with E-state index in [9.17, 15) is 14.4 Å². The Morgan fingerprint density at radius 3 is 0.836 bits per heavy atom. The maximum absolute atomic E-state index is 12.9. The minimum absolute atomic E-state index is 0.0999. The maximum Gasteiger partial charge on any atom is 0.306 e. The molecular formula is C67H110O6. The van der Waals surface area contributed by atoms with Crippen LogP contribution in [0.4, 0.5) is 0 Å². The number of carbonyl (C=O) groups is 3. The second-order valence-electron chi connectivity index (χ2n) is 19.5. The number of carbonyl (C=O) groups excluding carboxylic acids is 3. The van der Waals surface area contributed by atoms with Crippen molar-refractivity contribution in [3.8, 4) is 0 Å². The van der Waals surface area contributed by atoms with Crippen LogP contribution < -0.4 is 0 Å². The van der Waals surface area contributed by atoms with Gasteiger partial charge in [0.1, 0.15) is 13.2 Å². The van der Waals surface area contributed by atoms with E-state index in [4.69, 9.17) is 14.2 Å². The van der Waals surface area contributed by atoms with Crippen molar-refractivity contribution in [3.63, 3.8) is 0 Å². The van der Waals surface area contributed by atoms with E-state index in [0.29, 0.717) is 19.3 Å². The lowest BCUT2D eigenvalue weighted by Gasteiger charge is -2.18. The number of esters is 3. The molecule has 0 spiro atoms. The molecule has 0 heterocycles. The van der Waals surface area contributed by atoms with Crippen LogP contribution >= 0.6 is 0 Å². The van der Waals surface area contributed by atoms with Crippen molar-refractivity contribution in [1.29, 1.82) is 0 Å². The quantitative estimate of drug-likeness (QED) is 0.0261. The Hall–Kier alpha value is -4.19. The first-order valence-corrected chi connectivity index (χ1v) is 30.0. The molecule has 0 aliphatic rings. The molecule has 0 saturated carbocycles. The van der Waals surface area contributed by atoms with Crippen LogP contribution in [0.1, 0.15) is 265 Å². The summed E-state index contributed by atoms with van der Waals surface area (Å²) in [6.07, 6.45) is 83.2. The fraction of sp³-hybridized carbons (Fsp3) is 0.657. The molecule has 0 aromatic heterocycles. The lowest BCUT2D eigenvalue weighted by Crippen LogP contribution is -2.30. The second kappa shape index (κ2) is 60.4. The van der Waals surface area contributed by atoms with Crippen molar-refractivity contribution in [2.24, 2.45) is 0 Å². The maximum atomic E-state index is 12.9. The zero-order valence-corrected chi connectivity index (χ0v) is 47.4. The van der Waals surface area contributed by atoms with E-state index in [1.165, 1.54) is 64.2 Å². The van der Waals surface area contributed by atoms with E-state index in [-0.39, 0.29) is 31.1 Å². The van der Waals surface area contributed by atoms with Crippen LogP contribution in [0, 0.1) is 0 Å². The van der Waals surface area contributed by atoms with E-state index in [1.807, 2.05) is 0 Å². The summed E-state index contributed by atoms with van der Waals surface area (Å²) in [6.45, 7) is 6.44. The molecule has 0 fully saturated rings. The molecule has 0 saturated heterocycles. The van der Waals surface area contributed by atoms with Gasteiger partial charge in [0.15, 0.2) is 6.10 Å². The lowest BCUT2D eigenvalue weighted by atomic mass is 10.1. The zero-order chi connectivity index (χ0) is 52.9. The highest BCUT2D eigenvalue weighted by atomic mass is 16.6. The molecule has 1 unspecified atom stereocenters. The van der Waals surface area contributed by atoms with Gasteiger partial charge in [-0.3, -0.25) is 14.4 Å². The van der Waals surface area contributed by atoms with Gasteiger partial charge >= 0.3 is 17.9 Å². The first-order valence-electron chi connectivity index (χ1n) is 30.0. The van der Waals surface area contributed by atoms with Crippen LogP contribution in [-0.2, 0) is 28.6 Å². The van der Waals surface area contributed by atoms with Crippen molar-refractivity contribution >= 4 is 17.9 Å². The molecule has 0 aromatic carbocycles. The van der Waals surface area contributed by atoms with E-state index in [1.54, 1.807) is 0 Å². The van der Waals surface area contributed by atoms with Crippen LogP contribution in [0.25, 0.3) is 0 Å². The van der Waals surface area contributed by atoms with Crippen molar-refractivity contribution in [3.05, 3.63) is 122 Å². The van der Waals surface area contributed by atoms with Gasteiger partial charge in [-0.1, -0.05) is 232 Å². The van der Waals surface area contributed by atoms with Gasteiger partial charge in [0.25, 0.3) is 0 Å². The summed E-state index contributed by atoms with van der Waals surface area (Å²) in [5, 5.41) is 0. The van der Waals surface area contributed by atoms with Crippen LogP contribution in [0.15, 0.2) is 122 Å². The van der Waals surface area contributed by atoms with Gasteiger partial charge in [0.2, 0.25) is 0 Å². The molecule has 0 aliphatic heterocycles. The van der Waals surface area contributed by atoms with E-state index >= 15 is 0 Å². The number of unbranched alkanes of at least 4 members (excludes halogenated alkanes) is 22. The fourth-order valence-corrected chi connectivity index (χ4v) is 7.92. The molecule has 0 rings (SSSR count). The average molecular weight is 1010 g/mol. The Kier molecular flexibility index (Phi) is 56.9. The Morgan fingerprint density at radius 2 is 0.534 bits per heavy atom. The van der Waals surface area contributed by atoms with Crippen molar-refractivity contribution in [2.75, 3.05) is 13.2 Å². The van der Waals surface area contributed by atoms with Crippen molar-refractivity contribution < 1.29 is 28.6 Å². The Balaban J connectivity index is 4.48. The summed E-state index contributed by atoms with van der Waals surface area (Å²) in [5.41, 5.74) is 0. The molecule has 414 valence electrons. The Labute approximate surface area is 450 Å². The van der Waals surface area contributed by atoms with Gasteiger partial charge in [-0.05, 0) is 135 Å². The van der Waals surface area contributed by atoms with Crippen molar-refractivity contribution in [1.82, 2.24) is 0 Å². The number of rotatable bonds is 53. The van der Waals surface area contributed by atoms with Gasteiger partial charge in [-0.15, -0.1) is 0 Å². The summed E-state index contributed by atoms with van der Waals surface area (Å²) in [5.74, 6) is -0.944. The molecule has 6 nitrogen and oxygen atoms in total. The topological polar surface area (TPSA) is 78.9 Å². The zero-order valence-electron chi connectivity index (χ0n) is 47.4. The fourth-order valence-electron chi connectivity index (χ4n) is 7.92. The van der Waals surface area contributed by atoms with Gasteiger partial charge in [0, 0.05) is 19.3 Å². The van der Waals surface area contributed by atoms with Crippen LogP contribution in [0.5, 0.6) is 0 Å². The highest BCUT2D eigenvalue weighted by Gasteiger charge is 2.19. The van der Waals surface area contributed by atoms with Crippen LogP contribution in [-0.4, -0.2) is 37.2 Å². The first-order chi connectivity index (χ1) is 36.0. The average Bonchev–Trinajstić information content (AvgIpc) is 3.39. The smallest absolute Gasteiger partial charge is 0.306 e. The third kappa shape index (κ3) is 58.6. The summed E-state index contributed by atoms with van der Waals surface area (Å²) in [4.78, 5) is 38.3. The SMILES string of the molecule is CC/C=C\C/C=C\C/C=C\C/C=C\C/C=C\CCCCCCCC(=O)OCC(COC(=O)CCCCCCC/C=C\C/C=C\CCCCC)OC(=O)CCCCCCCC/C=C\C/C=C\C/C=C\CCCCC. The normalized spacial score (nSPS) is 13.0. The minimum atomic E-state index is -0.804. The molecule has 0 amide bonds.